The number of hydrogen-bond acceptors (Lipinski definition) is 5. The lowest BCUT2D eigenvalue weighted by atomic mass is 10.0. The van der Waals surface area contributed by atoms with E-state index in [-0.39, 0.29) is 0 Å². The summed E-state index contributed by atoms with van der Waals surface area (Å²) in [7, 11) is 0. The average molecular weight is 252 g/mol. The second-order valence-electron chi connectivity index (χ2n) is 5.44. The Labute approximate surface area is 109 Å². The van der Waals surface area contributed by atoms with Gasteiger partial charge in [-0.3, -0.25) is 0 Å². The van der Waals surface area contributed by atoms with E-state index < -0.39 is 0 Å². The van der Waals surface area contributed by atoms with Crippen LogP contribution in [0.25, 0.3) is 0 Å². The Morgan fingerprint density at radius 1 is 1.50 bits per heavy atom. The quantitative estimate of drug-likeness (QED) is 0.858. The third kappa shape index (κ3) is 4.07. The van der Waals surface area contributed by atoms with Crippen molar-refractivity contribution in [3.05, 3.63) is 11.7 Å². The third-order valence-corrected chi connectivity index (χ3v) is 3.30. The summed E-state index contributed by atoms with van der Waals surface area (Å²) in [5.41, 5.74) is 0. The van der Waals surface area contributed by atoms with Crippen LogP contribution in [-0.2, 0) is 6.42 Å². The van der Waals surface area contributed by atoms with Gasteiger partial charge in [-0.2, -0.15) is 4.98 Å². The molecule has 2 heterocycles. The number of piperidine rings is 1. The lowest BCUT2D eigenvalue weighted by Gasteiger charge is -2.34. The van der Waals surface area contributed by atoms with E-state index in [1.54, 1.807) is 0 Å². The molecule has 0 bridgehead atoms. The molecular formula is C13H24N4O. The van der Waals surface area contributed by atoms with Gasteiger partial charge in [0.25, 0.3) is 0 Å². The first-order chi connectivity index (χ1) is 8.63. The summed E-state index contributed by atoms with van der Waals surface area (Å²) in [4.78, 5) is 6.74. The van der Waals surface area contributed by atoms with E-state index in [1.165, 1.54) is 19.4 Å². The largest absolute Gasteiger partial charge is 0.340 e. The van der Waals surface area contributed by atoms with Crippen molar-refractivity contribution in [1.82, 2.24) is 20.4 Å². The zero-order valence-electron chi connectivity index (χ0n) is 11.6. The fraction of sp³-hybridized carbons (Fsp3) is 0.846. The van der Waals surface area contributed by atoms with Gasteiger partial charge in [0.1, 0.15) is 0 Å². The van der Waals surface area contributed by atoms with Crippen LogP contribution in [0.4, 0.5) is 0 Å². The van der Waals surface area contributed by atoms with Crippen molar-refractivity contribution in [2.75, 3.05) is 19.6 Å². The van der Waals surface area contributed by atoms with Crippen molar-refractivity contribution < 1.29 is 4.52 Å². The van der Waals surface area contributed by atoms with Crippen LogP contribution >= 0.6 is 0 Å². The Hall–Kier alpha value is -0.940. The molecule has 1 saturated heterocycles. The molecule has 0 radical (unpaired) electrons. The van der Waals surface area contributed by atoms with Crippen molar-refractivity contribution in [1.29, 1.82) is 0 Å². The molecule has 102 valence electrons. The van der Waals surface area contributed by atoms with E-state index in [0.29, 0.717) is 18.0 Å². The summed E-state index contributed by atoms with van der Waals surface area (Å²) in [6, 6.07) is 1.19. The summed E-state index contributed by atoms with van der Waals surface area (Å²) >= 11 is 0. The van der Waals surface area contributed by atoms with Crippen molar-refractivity contribution >= 4 is 0 Å². The zero-order valence-corrected chi connectivity index (χ0v) is 11.6. The standard InChI is InChI=1S/C13H24N4O/c1-10(2)14-12-5-4-7-17(9-12)8-6-13-15-11(3)18-16-13/h10,12,14H,4-9H2,1-3H3. The second kappa shape index (κ2) is 6.29. The fourth-order valence-corrected chi connectivity index (χ4v) is 2.57. The third-order valence-electron chi connectivity index (χ3n) is 3.30. The Balaban J connectivity index is 1.75. The van der Waals surface area contributed by atoms with E-state index in [4.69, 9.17) is 4.52 Å². The molecule has 2 rings (SSSR count). The Kier molecular flexibility index (Phi) is 4.72. The van der Waals surface area contributed by atoms with Gasteiger partial charge in [-0.1, -0.05) is 19.0 Å². The number of aromatic nitrogens is 2. The molecule has 1 unspecified atom stereocenters. The van der Waals surface area contributed by atoms with Gasteiger partial charge in [0.05, 0.1) is 0 Å². The Morgan fingerprint density at radius 2 is 2.33 bits per heavy atom. The van der Waals surface area contributed by atoms with E-state index >= 15 is 0 Å². The minimum atomic E-state index is 0.565. The molecule has 1 aromatic rings. The monoisotopic (exact) mass is 252 g/mol. The van der Waals surface area contributed by atoms with Gasteiger partial charge >= 0.3 is 0 Å². The molecule has 0 spiro atoms. The predicted molar refractivity (Wildman–Crippen MR) is 70.5 cm³/mol. The van der Waals surface area contributed by atoms with Crippen molar-refractivity contribution in [3.8, 4) is 0 Å². The molecule has 5 heteroatoms. The maximum Gasteiger partial charge on any atom is 0.223 e. The minimum Gasteiger partial charge on any atom is -0.340 e. The molecule has 1 atom stereocenters. The van der Waals surface area contributed by atoms with E-state index in [1.807, 2.05) is 6.92 Å². The maximum absolute atomic E-state index is 4.99. The van der Waals surface area contributed by atoms with Crippen LogP contribution in [0.15, 0.2) is 4.52 Å². The average Bonchev–Trinajstić information content (AvgIpc) is 2.72. The van der Waals surface area contributed by atoms with Gasteiger partial charge in [0.15, 0.2) is 5.82 Å². The fourth-order valence-electron chi connectivity index (χ4n) is 2.57. The lowest BCUT2D eigenvalue weighted by molar-refractivity contribution is 0.186. The first-order valence-electron chi connectivity index (χ1n) is 6.91. The topological polar surface area (TPSA) is 54.2 Å². The molecule has 1 aromatic heterocycles. The summed E-state index contributed by atoms with van der Waals surface area (Å²) in [5, 5.41) is 7.56. The van der Waals surface area contributed by atoms with Gasteiger partial charge in [-0.25, -0.2) is 0 Å². The molecule has 18 heavy (non-hydrogen) atoms. The van der Waals surface area contributed by atoms with E-state index in [9.17, 15) is 0 Å². The van der Waals surface area contributed by atoms with Crippen LogP contribution in [0.5, 0.6) is 0 Å². The van der Waals surface area contributed by atoms with E-state index in [0.717, 1.165) is 25.3 Å². The Morgan fingerprint density at radius 3 is 3.00 bits per heavy atom. The number of rotatable bonds is 5. The van der Waals surface area contributed by atoms with Crippen LogP contribution in [0.1, 0.15) is 38.4 Å². The first kappa shape index (κ1) is 13.5. The lowest BCUT2D eigenvalue weighted by Crippen LogP contribution is -2.48. The molecular weight excluding hydrogens is 228 g/mol. The minimum absolute atomic E-state index is 0.565. The van der Waals surface area contributed by atoms with Gasteiger partial charge in [-0.15, -0.1) is 0 Å². The summed E-state index contributed by atoms with van der Waals surface area (Å²) in [5.74, 6) is 1.48. The molecule has 1 N–H and O–H groups in total. The molecule has 0 saturated carbocycles. The normalized spacial score (nSPS) is 21.7. The summed E-state index contributed by atoms with van der Waals surface area (Å²) in [6.07, 6.45) is 3.44. The van der Waals surface area contributed by atoms with E-state index in [2.05, 4.69) is 34.2 Å². The van der Waals surface area contributed by atoms with Crippen LogP contribution in [0.2, 0.25) is 0 Å². The summed E-state index contributed by atoms with van der Waals surface area (Å²) < 4.78 is 4.99. The number of aryl methyl sites for hydroxylation is 1. The molecule has 1 aliphatic heterocycles. The van der Waals surface area contributed by atoms with Crippen LogP contribution in [-0.4, -0.2) is 46.8 Å². The second-order valence-corrected chi connectivity index (χ2v) is 5.44. The van der Waals surface area contributed by atoms with Crippen molar-refractivity contribution in [2.24, 2.45) is 0 Å². The van der Waals surface area contributed by atoms with Crippen LogP contribution in [0, 0.1) is 6.92 Å². The van der Waals surface area contributed by atoms with Crippen molar-refractivity contribution in [2.45, 2.75) is 52.1 Å². The number of likely N-dealkylation sites (tertiary alicyclic amines) is 1. The molecule has 1 fully saturated rings. The predicted octanol–water partition coefficient (Wildman–Crippen LogP) is 1.38. The molecule has 5 nitrogen and oxygen atoms in total. The molecule has 0 amide bonds. The Bertz CT molecular complexity index is 364. The van der Waals surface area contributed by atoms with Crippen molar-refractivity contribution in [3.63, 3.8) is 0 Å². The molecule has 0 aliphatic carbocycles. The number of hydrogen-bond donors (Lipinski definition) is 1. The maximum atomic E-state index is 4.99. The van der Waals surface area contributed by atoms with Crippen LogP contribution < -0.4 is 5.32 Å². The number of nitrogens with one attached hydrogen (secondary N) is 1. The van der Waals surface area contributed by atoms with Gasteiger partial charge in [-0.05, 0) is 19.4 Å². The highest BCUT2D eigenvalue weighted by atomic mass is 16.5. The highest BCUT2D eigenvalue weighted by Gasteiger charge is 2.20. The summed E-state index contributed by atoms with van der Waals surface area (Å²) in [6.45, 7) is 9.60. The van der Waals surface area contributed by atoms with Gasteiger partial charge in [0, 0.05) is 38.5 Å². The SMILES string of the molecule is Cc1nc(CCN2CCCC(NC(C)C)C2)no1. The highest BCUT2D eigenvalue weighted by molar-refractivity contribution is 4.86. The highest BCUT2D eigenvalue weighted by Crippen LogP contribution is 2.11. The first-order valence-corrected chi connectivity index (χ1v) is 6.91. The van der Waals surface area contributed by atoms with Gasteiger partial charge < -0.3 is 14.7 Å². The molecule has 0 aromatic carbocycles. The molecule has 1 aliphatic rings. The van der Waals surface area contributed by atoms with Crippen LogP contribution in [0.3, 0.4) is 0 Å². The number of nitrogens with zero attached hydrogens (tertiary/aromatic N) is 3. The van der Waals surface area contributed by atoms with Gasteiger partial charge in [0.2, 0.25) is 5.89 Å². The zero-order chi connectivity index (χ0) is 13.0. The smallest absolute Gasteiger partial charge is 0.223 e.